The SMILES string of the molecule is O=C(CC1COCCN1)NCc1ccccc1Cl. The highest BCUT2D eigenvalue weighted by Crippen LogP contribution is 2.14. The van der Waals surface area contributed by atoms with Gasteiger partial charge in [-0.3, -0.25) is 4.79 Å². The zero-order chi connectivity index (χ0) is 12.8. The summed E-state index contributed by atoms with van der Waals surface area (Å²) in [5.74, 6) is 0.0120. The molecule has 0 bridgehead atoms. The van der Waals surface area contributed by atoms with Gasteiger partial charge in [-0.25, -0.2) is 0 Å². The Balaban J connectivity index is 1.76. The van der Waals surface area contributed by atoms with Crippen LogP contribution in [0.15, 0.2) is 24.3 Å². The molecule has 1 aromatic carbocycles. The van der Waals surface area contributed by atoms with Gasteiger partial charge >= 0.3 is 0 Å². The first-order valence-corrected chi connectivity index (χ1v) is 6.45. The fourth-order valence-corrected chi connectivity index (χ4v) is 2.08. The summed E-state index contributed by atoms with van der Waals surface area (Å²) in [6.07, 6.45) is 0.435. The lowest BCUT2D eigenvalue weighted by molar-refractivity contribution is -0.122. The first-order valence-electron chi connectivity index (χ1n) is 6.07. The van der Waals surface area contributed by atoms with Crippen LogP contribution in [0.1, 0.15) is 12.0 Å². The Morgan fingerprint density at radius 3 is 3.06 bits per heavy atom. The number of carbonyl (C=O) groups excluding carboxylic acids is 1. The Morgan fingerprint density at radius 2 is 2.33 bits per heavy atom. The van der Waals surface area contributed by atoms with Crippen molar-refractivity contribution in [2.75, 3.05) is 19.8 Å². The molecule has 1 amide bonds. The summed E-state index contributed by atoms with van der Waals surface area (Å²) in [7, 11) is 0. The number of amides is 1. The van der Waals surface area contributed by atoms with Crippen molar-refractivity contribution in [3.8, 4) is 0 Å². The van der Waals surface area contributed by atoms with E-state index in [-0.39, 0.29) is 11.9 Å². The van der Waals surface area contributed by atoms with Crippen molar-refractivity contribution in [3.05, 3.63) is 34.9 Å². The minimum absolute atomic E-state index is 0.0120. The summed E-state index contributed by atoms with van der Waals surface area (Å²) < 4.78 is 5.30. The van der Waals surface area contributed by atoms with Gasteiger partial charge in [0, 0.05) is 30.6 Å². The molecular formula is C13H17ClN2O2. The third-order valence-corrected chi connectivity index (χ3v) is 3.23. The molecule has 1 fully saturated rings. The average Bonchev–Trinajstić information content (AvgIpc) is 2.39. The van der Waals surface area contributed by atoms with E-state index in [4.69, 9.17) is 16.3 Å². The Kier molecular flexibility index (Phi) is 4.99. The molecule has 1 aliphatic heterocycles. The first kappa shape index (κ1) is 13.3. The maximum absolute atomic E-state index is 11.7. The van der Waals surface area contributed by atoms with Crippen molar-refractivity contribution >= 4 is 17.5 Å². The van der Waals surface area contributed by atoms with Crippen molar-refractivity contribution in [3.63, 3.8) is 0 Å². The number of ether oxygens (including phenoxy) is 1. The van der Waals surface area contributed by atoms with Crippen molar-refractivity contribution in [1.82, 2.24) is 10.6 Å². The van der Waals surface area contributed by atoms with Gasteiger partial charge in [-0.15, -0.1) is 0 Å². The van der Waals surface area contributed by atoms with Crippen LogP contribution in [0.25, 0.3) is 0 Å². The first-order chi connectivity index (χ1) is 8.75. The van der Waals surface area contributed by atoms with E-state index in [9.17, 15) is 4.79 Å². The van der Waals surface area contributed by atoms with E-state index < -0.39 is 0 Å². The van der Waals surface area contributed by atoms with Gasteiger partial charge < -0.3 is 15.4 Å². The van der Waals surface area contributed by atoms with Crippen molar-refractivity contribution in [2.24, 2.45) is 0 Å². The summed E-state index contributed by atoms with van der Waals surface area (Å²) in [6.45, 7) is 2.59. The molecule has 1 aromatic rings. The Bertz CT molecular complexity index is 406. The standard InChI is InChI=1S/C13H17ClN2O2/c14-12-4-2-1-3-10(12)8-16-13(17)7-11-9-18-6-5-15-11/h1-4,11,15H,5-9H2,(H,16,17). The van der Waals surface area contributed by atoms with Crippen LogP contribution in [0, 0.1) is 0 Å². The molecule has 4 nitrogen and oxygen atoms in total. The maximum Gasteiger partial charge on any atom is 0.221 e. The highest BCUT2D eigenvalue weighted by atomic mass is 35.5. The number of benzene rings is 1. The molecule has 98 valence electrons. The second-order valence-corrected chi connectivity index (χ2v) is 4.71. The van der Waals surface area contributed by atoms with Crippen LogP contribution in [0.5, 0.6) is 0 Å². The monoisotopic (exact) mass is 268 g/mol. The largest absolute Gasteiger partial charge is 0.378 e. The van der Waals surface area contributed by atoms with Gasteiger partial charge in [0.15, 0.2) is 0 Å². The highest BCUT2D eigenvalue weighted by molar-refractivity contribution is 6.31. The predicted octanol–water partition coefficient (Wildman–Crippen LogP) is 1.33. The molecule has 0 radical (unpaired) electrons. The molecule has 1 atom stereocenters. The zero-order valence-corrected chi connectivity index (χ0v) is 10.9. The van der Waals surface area contributed by atoms with Crippen molar-refractivity contribution < 1.29 is 9.53 Å². The number of hydrogen-bond acceptors (Lipinski definition) is 3. The van der Waals surface area contributed by atoms with Gasteiger partial charge in [-0.05, 0) is 11.6 Å². The number of halogens is 1. The number of rotatable bonds is 4. The van der Waals surface area contributed by atoms with Crippen molar-refractivity contribution in [1.29, 1.82) is 0 Å². The summed E-state index contributed by atoms with van der Waals surface area (Å²) in [4.78, 5) is 11.7. The van der Waals surface area contributed by atoms with Gasteiger partial charge in [0.1, 0.15) is 0 Å². The minimum atomic E-state index is 0.0120. The fraction of sp³-hybridized carbons (Fsp3) is 0.462. The van der Waals surface area contributed by atoms with Crippen LogP contribution in [0.2, 0.25) is 5.02 Å². The van der Waals surface area contributed by atoms with Crippen molar-refractivity contribution in [2.45, 2.75) is 19.0 Å². The zero-order valence-electron chi connectivity index (χ0n) is 10.1. The topological polar surface area (TPSA) is 50.4 Å². The van der Waals surface area contributed by atoms with Crippen LogP contribution in [-0.2, 0) is 16.1 Å². The van der Waals surface area contributed by atoms with Crippen LogP contribution in [0.3, 0.4) is 0 Å². The predicted molar refractivity (Wildman–Crippen MR) is 70.5 cm³/mol. The molecule has 18 heavy (non-hydrogen) atoms. The average molecular weight is 269 g/mol. The molecule has 2 rings (SSSR count). The number of carbonyl (C=O) groups is 1. The van der Waals surface area contributed by atoms with Crippen LogP contribution >= 0.6 is 11.6 Å². The second-order valence-electron chi connectivity index (χ2n) is 4.30. The molecule has 0 aromatic heterocycles. The quantitative estimate of drug-likeness (QED) is 0.866. The fourth-order valence-electron chi connectivity index (χ4n) is 1.88. The lowest BCUT2D eigenvalue weighted by Gasteiger charge is -2.23. The summed E-state index contributed by atoms with van der Waals surface area (Å²) in [5.41, 5.74) is 0.931. The Labute approximate surface area is 112 Å². The van der Waals surface area contributed by atoms with Crippen LogP contribution in [-0.4, -0.2) is 31.7 Å². The second kappa shape index (κ2) is 6.73. The summed E-state index contributed by atoms with van der Waals surface area (Å²) >= 11 is 6.02. The highest BCUT2D eigenvalue weighted by Gasteiger charge is 2.16. The molecule has 1 unspecified atom stereocenters. The van der Waals surface area contributed by atoms with E-state index in [1.807, 2.05) is 24.3 Å². The lowest BCUT2D eigenvalue weighted by atomic mass is 10.2. The van der Waals surface area contributed by atoms with Gasteiger partial charge in [-0.1, -0.05) is 29.8 Å². The summed E-state index contributed by atoms with van der Waals surface area (Å²) in [6, 6.07) is 7.62. The molecule has 0 spiro atoms. The van der Waals surface area contributed by atoms with E-state index in [2.05, 4.69) is 10.6 Å². The molecule has 1 saturated heterocycles. The number of hydrogen-bond donors (Lipinski definition) is 2. The third-order valence-electron chi connectivity index (χ3n) is 2.86. The molecular weight excluding hydrogens is 252 g/mol. The summed E-state index contributed by atoms with van der Waals surface area (Å²) in [5, 5.41) is 6.79. The Morgan fingerprint density at radius 1 is 1.50 bits per heavy atom. The van der Waals surface area contributed by atoms with Gasteiger partial charge in [-0.2, -0.15) is 0 Å². The molecule has 1 aliphatic rings. The third kappa shape index (κ3) is 3.98. The van der Waals surface area contributed by atoms with E-state index in [0.717, 1.165) is 18.7 Å². The van der Waals surface area contributed by atoms with Gasteiger partial charge in [0.2, 0.25) is 5.91 Å². The van der Waals surface area contributed by atoms with Gasteiger partial charge in [0.05, 0.1) is 13.2 Å². The molecule has 2 N–H and O–H groups in total. The van der Waals surface area contributed by atoms with E-state index in [0.29, 0.717) is 24.6 Å². The van der Waals surface area contributed by atoms with E-state index in [1.165, 1.54) is 0 Å². The molecule has 0 saturated carbocycles. The lowest BCUT2D eigenvalue weighted by Crippen LogP contribution is -2.44. The van der Waals surface area contributed by atoms with Crippen LogP contribution in [0.4, 0.5) is 0 Å². The Hall–Kier alpha value is -1.10. The number of nitrogens with one attached hydrogen (secondary N) is 2. The maximum atomic E-state index is 11.7. The number of morpholine rings is 1. The molecule has 1 heterocycles. The smallest absolute Gasteiger partial charge is 0.221 e. The minimum Gasteiger partial charge on any atom is -0.378 e. The van der Waals surface area contributed by atoms with E-state index >= 15 is 0 Å². The normalized spacial score (nSPS) is 19.5. The molecule has 0 aliphatic carbocycles. The van der Waals surface area contributed by atoms with E-state index in [1.54, 1.807) is 0 Å². The van der Waals surface area contributed by atoms with Gasteiger partial charge in [0.25, 0.3) is 0 Å². The molecule has 5 heteroatoms. The van der Waals surface area contributed by atoms with Crippen LogP contribution < -0.4 is 10.6 Å².